The van der Waals surface area contributed by atoms with Crippen LogP contribution in [0.15, 0.2) is 22.7 Å². The van der Waals surface area contributed by atoms with Gasteiger partial charge >= 0.3 is 0 Å². The first kappa shape index (κ1) is 14.9. The minimum atomic E-state index is -0.00108. The van der Waals surface area contributed by atoms with Gasteiger partial charge in [0.15, 0.2) is 0 Å². The minimum absolute atomic E-state index is 0.00108. The van der Waals surface area contributed by atoms with Crippen molar-refractivity contribution in [3.05, 3.63) is 28.2 Å². The fraction of sp³-hybridized carbons (Fsp3) is 0.562. The molecule has 114 valence electrons. The third kappa shape index (κ3) is 2.94. The number of carbonyl (C=O) groups is 1. The molecule has 2 saturated heterocycles. The number of halogens is 1. The lowest BCUT2D eigenvalue weighted by atomic mass is 9.88. The van der Waals surface area contributed by atoms with Crippen molar-refractivity contribution in [1.82, 2.24) is 10.6 Å². The minimum Gasteiger partial charge on any atom is -0.496 e. The van der Waals surface area contributed by atoms with Gasteiger partial charge in [0.2, 0.25) is 5.91 Å². The zero-order valence-corrected chi connectivity index (χ0v) is 13.9. The van der Waals surface area contributed by atoms with Gasteiger partial charge in [-0.25, -0.2) is 0 Å². The maximum absolute atomic E-state index is 12.4. The number of methoxy groups -OCH3 is 1. The molecule has 2 N–H and O–H groups in total. The fourth-order valence-corrected chi connectivity index (χ4v) is 4.03. The van der Waals surface area contributed by atoms with Crippen LogP contribution in [0.1, 0.15) is 37.8 Å². The first-order valence-electron chi connectivity index (χ1n) is 7.48. The van der Waals surface area contributed by atoms with Crippen molar-refractivity contribution in [2.45, 2.75) is 44.3 Å². The molecule has 1 aromatic rings. The Morgan fingerprint density at radius 2 is 2.29 bits per heavy atom. The number of hydrogen-bond donors (Lipinski definition) is 2. The molecular formula is C16H21BrN2O2. The zero-order chi connectivity index (χ0) is 15.0. The normalized spacial score (nSPS) is 28.4. The van der Waals surface area contributed by atoms with E-state index in [1.165, 1.54) is 6.42 Å². The van der Waals surface area contributed by atoms with Crippen molar-refractivity contribution < 1.29 is 9.53 Å². The second kappa shape index (κ2) is 5.97. The van der Waals surface area contributed by atoms with E-state index in [4.69, 9.17) is 4.74 Å². The van der Waals surface area contributed by atoms with Crippen molar-refractivity contribution in [2.24, 2.45) is 5.92 Å². The monoisotopic (exact) mass is 352 g/mol. The van der Waals surface area contributed by atoms with E-state index in [0.717, 1.165) is 28.6 Å². The SMILES string of the molecule is COc1ccc(C(C)NC(=O)C2CC3CCC2N3)cc1Br. The van der Waals surface area contributed by atoms with Crippen LogP contribution in [0.5, 0.6) is 5.75 Å². The van der Waals surface area contributed by atoms with E-state index in [1.54, 1.807) is 7.11 Å². The van der Waals surface area contributed by atoms with Gasteiger partial charge in [-0.05, 0) is 59.8 Å². The molecule has 4 unspecified atom stereocenters. The molecule has 0 radical (unpaired) electrons. The number of benzene rings is 1. The molecule has 0 aliphatic carbocycles. The molecule has 2 fully saturated rings. The molecule has 4 atom stereocenters. The maximum Gasteiger partial charge on any atom is 0.225 e. The number of rotatable bonds is 4. The highest BCUT2D eigenvalue weighted by atomic mass is 79.9. The van der Waals surface area contributed by atoms with Crippen LogP contribution < -0.4 is 15.4 Å². The number of hydrogen-bond acceptors (Lipinski definition) is 3. The molecule has 1 amide bonds. The summed E-state index contributed by atoms with van der Waals surface area (Å²) in [5.74, 6) is 1.11. The summed E-state index contributed by atoms with van der Waals surface area (Å²) in [5, 5.41) is 6.66. The Hall–Kier alpha value is -1.07. The predicted molar refractivity (Wildman–Crippen MR) is 85.3 cm³/mol. The summed E-state index contributed by atoms with van der Waals surface area (Å²) >= 11 is 3.49. The van der Waals surface area contributed by atoms with Crippen LogP contribution >= 0.6 is 15.9 Å². The molecule has 21 heavy (non-hydrogen) atoms. The second-order valence-corrected chi connectivity index (χ2v) is 6.87. The van der Waals surface area contributed by atoms with Gasteiger partial charge in [-0.3, -0.25) is 4.79 Å². The van der Waals surface area contributed by atoms with Gasteiger partial charge in [0.1, 0.15) is 5.75 Å². The molecule has 3 rings (SSSR count). The Kier molecular flexibility index (Phi) is 4.22. The lowest BCUT2D eigenvalue weighted by Crippen LogP contribution is -2.38. The molecule has 4 nitrogen and oxygen atoms in total. The highest BCUT2D eigenvalue weighted by Gasteiger charge is 2.42. The molecule has 0 saturated carbocycles. The quantitative estimate of drug-likeness (QED) is 0.875. The van der Waals surface area contributed by atoms with Crippen LogP contribution in [0, 0.1) is 5.92 Å². The fourth-order valence-electron chi connectivity index (χ4n) is 3.47. The summed E-state index contributed by atoms with van der Waals surface area (Å²) in [4.78, 5) is 12.4. The van der Waals surface area contributed by atoms with Crippen molar-refractivity contribution in [2.75, 3.05) is 7.11 Å². The third-order valence-electron chi connectivity index (χ3n) is 4.67. The van der Waals surface area contributed by atoms with Crippen LogP contribution in [-0.4, -0.2) is 25.1 Å². The number of ether oxygens (including phenoxy) is 1. The van der Waals surface area contributed by atoms with E-state index in [0.29, 0.717) is 12.1 Å². The molecule has 2 aliphatic heterocycles. The van der Waals surface area contributed by atoms with Gasteiger partial charge in [-0.15, -0.1) is 0 Å². The Bertz CT molecular complexity index is 549. The van der Waals surface area contributed by atoms with Crippen LogP contribution in [0.2, 0.25) is 0 Å². The summed E-state index contributed by atoms with van der Waals surface area (Å²) < 4.78 is 6.14. The second-order valence-electron chi connectivity index (χ2n) is 6.01. The molecule has 2 aliphatic rings. The number of nitrogens with one attached hydrogen (secondary N) is 2. The largest absolute Gasteiger partial charge is 0.496 e. The topological polar surface area (TPSA) is 50.4 Å². The smallest absolute Gasteiger partial charge is 0.225 e. The highest BCUT2D eigenvalue weighted by Crippen LogP contribution is 2.34. The van der Waals surface area contributed by atoms with Crippen molar-refractivity contribution >= 4 is 21.8 Å². The van der Waals surface area contributed by atoms with E-state index >= 15 is 0 Å². The molecule has 0 spiro atoms. The molecule has 2 heterocycles. The van der Waals surface area contributed by atoms with Crippen molar-refractivity contribution in [3.63, 3.8) is 0 Å². The van der Waals surface area contributed by atoms with E-state index in [2.05, 4.69) is 26.6 Å². The standard InChI is InChI=1S/C16H21BrN2O2/c1-9(10-3-6-15(21-2)13(17)7-10)18-16(20)12-8-11-4-5-14(12)19-11/h3,6-7,9,11-12,14,19H,4-5,8H2,1-2H3,(H,18,20). The summed E-state index contributed by atoms with van der Waals surface area (Å²) in [6.07, 6.45) is 3.33. The van der Waals surface area contributed by atoms with E-state index in [1.807, 2.05) is 25.1 Å². The lowest BCUT2D eigenvalue weighted by Gasteiger charge is -2.22. The molecular weight excluding hydrogens is 332 g/mol. The van der Waals surface area contributed by atoms with Gasteiger partial charge in [-0.1, -0.05) is 6.07 Å². The van der Waals surface area contributed by atoms with E-state index < -0.39 is 0 Å². The Morgan fingerprint density at radius 1 is 1.48 bits per heavy atom. The van der Waals surface area contributed by atoms with Gasteiger partial charge in [0, 0.05) is 12.1 Å². The van der Waals surface area contributed by atoms with Gasteiger partial charge < -0.3 is 15.4 Å². The van der Waals surface area contributed by atoms with Crippen LogP contribution in [-0.2, 0) is 4.79 Å². The summed E-state index contributed by atoms with van der Waals surface area (Å²) in [7, 11) is 1.65. The molecule has 2 bridgehead atoms. The Morgan fingerprint density at radius 3 is 2.86 bits per heavy atom. The summed E-state index contributed by atoms with van der Waals surface area (Å²) in [5.41, 5.74) is 1.08. The lowest BCUT2D eigenvalue weighted by molar-refractivity contribution is -0.126. The number of fused-ring (bicyclic) bond motifs is 2. The van der Waals surface area contributed by atoms with Gasteiger partial charge in [0.25, 0.3) is 0 Å². The zero-order valence-electron chi connectivity index (χ0n) is 12.4. The number of carbonyl (C=O) groups excluding carboxylic acids is 1. The highest BCUT2D eigenvalue weighted by molar-refractivity contribution is 9.10. The molecule has 5 heteroatoms. The Balaban J connectivity index is 1.64. The predicted octanol–water partition coefficient (Wildman–Crippen LogP) is 2.78. The van der Waals surface area contributed by atoms with Crippen LogP contribution in [0.4, 0.5) is 0 Å². The molecule has 1 aromatic carbocycles. The summed E-state index contributed by atoms with van der Waals surface area (Å²) in [6.45, 7) is 2.02. The van der Waals surface area contributed by atoms with Gasteiger partial charge in [0.05, 0.1) is 23.5 Å². The van der Waals surface area contributed by atoms with Crippen molar-refractivity contribution in [1.29, 1.82) is 0 Å². The number of amides is 1. The maximum atomic E-state index is 12.4. The van der Waals surface area contributed by atoms with E-state index in [9.17, 15) is 4.79 Å². The van der Waals surface area contributed by atoms with Crippen LogP contribution in [0.25, 0.3) is 0 Å². The van der Waals surface area contributed by atoms with Crippen LogP contribution in [0.3, 0.4) is 0 Å². The third-order valence-corrected chi connectivity index (χ3v) is 5.29. The first-order chi connectivity index (χ1) is 10.1. The molecule has 0 aromatic heterocycles. The van der Waals surface area contributed by atoms with Gasteiger partial charge in [-0.2, -0.15) is 0 Å². The average Bonchev–Trinajstić information content (AvgIpc) is 3.09. The first-order valence-corrected chi connectivity index (χ1v) is 8.27. The van der Waals surface area contributed by atoms with E-state index in [-0.39, 0.29) is 17.9 Å². The Labute approximate surface area is 133 Å². The van der Waals surface area contributed by atoms with Crippen molar-refractivity contribution in [3.8, 4) is 5.75 Å². The average molecular weight is 353 g/mol. The summed E-state index contributed by atoms with van der Waals surface area (Å²) in [6, 6.07) is 6.84.